The zero-order valence-electron chi connectivity index (χ0n) is 6.07. The molecule has 0 saturated carbocycles. The highest BCUT2D eigenvalue weighted by molar-refractivity contribution is 5.50. The van der Waals surface area contributed by atoms with E-state index in [0.29, 0.717) is 0 Å². The van der Waals surface area contributed by atoms with E-state index in [-0.39, 0.29) is 5.76 Å². The molecular formula is C9H9NO. The summed E-state index contributed by atoms with van der Waals surface area (Å²) in [5.41, 5.74) is 0.996. The third-order valence-electron chi connectivity index (χ3n) is 1.17. The molecule has 0 aliphatic rings. The van der Waals surface area contributed by atoms with Crippen molar-refractivity contribution in [3.8, 4) is 0 Å². The van der Waals surface area contributed by atoms with Gasteiger partial charge < -0.3 is 5.11 Å². The fourth-order valence-corrected chi connectivity index (χ4v) is 0.667. The Kier molecular flexibility index (Phi) is 2.44. The lowest BCUT2D eigenvalue weighted by Crippen LogP contribution is -1.73. The maximum atomic E-state index is 8.72. The predicted octanol–water partition coefficient (Wildman–Crippen LogP) is 2.17. The number of hydrogen-bond donors (Lipinski definition) is 1. The maximum absolute atomic E-state index is 8.72. The van der Waals surface area contributed by atoms with E-state index in [2.05, 4.69) is 11.6 Å². The van der Waals surface area contributed by atoms with Gasteiger partial charge in [0.1, 0.15) is 5.76 Å². The van der Waals surface area contributed by atoms with E-state index < -0.39 is 0 Å². The van der Waals surface area contributed by atoms with Crippen LogP contribution in [-0.2, 0) is 0 Å². The van der Waals surface area contributed by atoms with Crippen LogP contribution in [0, 0.1) is 0 Å². The Morgan fingerprint density at radius 1 is 1.45 bits per heavy atom. The third-order valence-corrected chi connectivity index (χ3v) is 1.17. The molecule has 2 nitrogen and oxygen atoms in total. The van der Waals surface area contributed by atoms with Crippen molar-refractivity contribution in [2.24, 2.45) is 0 Å². The SMILES string of the molecule is C=C(O)/C=C/c1ccncc1. The number of pyridine rings is 1. The van der Waals surface area contributed by atoms with Crippen LogP contribution in [-0.4, -0.2) is 10.1 Å². The largest absolute Gasteiger partial charge is 0.509 e. The van der Waals surface area contributed by atoms with E-state index in [9.17, 15) is 0 Å². The van der Waals surface area contributed by atoms with Gasteiger partial charge in [0.15, 0.2) is 0 Å². The fraction of sp³-hybridized carbons (Fsp3) is 0. The quantitative estimate of drug-likeness (QED) is 0.513. The normalized spacial score (nSPS) is 10.2. The number of nitrogens with zero attached hydrogens (tertiary/aromatic N) is 1. The van der Waals surface area contributed by atoms with Crippen LogP contribution in [0.1, 0.15) is 5.56 Å². The van der Waals surface area contributed by atoms with Gasteiger partial charge in [-0.05, 0) is 23.8 Å². The van der Waals surface area contributed by atoms with Gasteiger partial charge in [-0.3, -0.25) is 4.98 Å². The fourth-order valence-electron chi connectivity index (χ4n) is 0.667. The molecule has 0 aliphatic carbocycles. The summed E-state index contributed by atoms with van der Waals surface area (Å²) in [5, 5.41) is 8.72. The van der Waals surface area contributed by atoms with Crippen LogP contribution in [0.4, 0.5) is 0 Å². The van der Waals surface area contributed by atoms with E-state index in [0.717, 1.165) is 5.56 Å². The second-order valence-electron chi connectivity index (χ2n) is 2.11. The van der Waals surface area contributed by atoms with E-state index in [1.54, 1.807) is 18.5 Å². The smallest absolute Gasteiger partial charge is 0.108 e. The number of aliphatic hydroxyl groups excluding tert-OH is 1. The Bertz CT molecular complexity index is 264. The first-order chi connectivity index (χ1) is 5.29. The summed E-state index contributed by atoms with van der Waals surface area (Å²) in [6, 6.07) is 3.69. The van der Waals surface area contributed by atoms with Crippen LogP contribution < -0.4 is 0 Å². The average molecular weight is 147 g/mol. The highest BCUT2D eigenvalue weighted by Gasteiger charge is 1.82. The molecule has 1 N–H and O–H groups in total. The zero-order valence-corrected chi connectivity index (χ0v) is 6.07. The summed E-state index contributed by atoms with van der Waals surface area (Å²) >= 11 is 0. The summed E-state index contributed by atoms with van der Waals surface area (Å²) in [5.74, 6) is 0.0572. The molecule has 1 aromatic heterocycles. The summed E-state index contributed by atoms with van der Waals surface area (Å²) in [6.07, 6.45) is 6.69. The van der Waals surface area contributed by atoms with Gasteiger partial charge in [-0.1, -0.05) is 12.7 Å². The van der Waals surface area contributed by atoms with E-state index in [4.69, 9.17) is 5.11 Å². The van der Waals surface area contributed by atoms with Crippen LogP contribution in [0.3, 0.4) is 0 Å². The molecule has 11 heavy (non-hydrogen) atoms. The lowest BCUT2D eigenvalue weighted by molar-refractivity contribution is 0.436. The van der Waals surface area contributed by atoms with Gasteiger partial charge in [0.2, 0.25) is 0 Å². The Morgan fingerprint density at radius 2 is 2.09 bits per heavy atom. The minimum absolute atomic E-state index is 0.0572. The minimum Gasteiger partial charge on any atom is -0.509 e. The Labute approximate surface area is 65.5 Å². The minimum atomic E-state index is 0.0572. The van der Waals surface area contributed by atoms with Gasteiger partial charge in [0.25, 0.3) is 0 Å². The van der Waals surface area contributed by atoms with Gasteiger partial charge in [-0.15, -0.1) is 0 Å². The first-order valence-corrected chi connectivity index (χ1v) is 3.25. The molecule has 56 valence electrons. The Morgan fingerprint density at radius 3 is 2.64 bits per heavy atom. The molecule has 0 fully saturated rings. The van der Waals surface area contributed by atoms with Crippen molar-refractivity contribution in [2.45, 2.75) is 0 Å². The maximum Gasteiger partial charge on any atom is 0.108 e. The molecule has 1 rings (SSSR count). The number of aromatic nitrogens is 1. The average Bonchev–Trinajstić information content (AvgIpc) is 2.03. The van der Waals surface area contributed by atoms with Crippen molar-refractivity contribution >= 4 is 6.08 Å². The van der Waals surface area contributed by atoms with Gasteiger partial charge in [0.05, 0.1) is 0 Å². The van der Waals surface area contributed by atoms with Gasteiger partial charge >= 0.3 is 0 Å². The van der Waals surface area contributed by atoms with Crippen molar-refractivity contribution in [2.75, 3.05) is 0 Å². The van der Waals surface area contributed by atoms with Crippen molar-refractivity contribution in [1.82, 2.24) is 4.98 Å². The summed E-state index contributed by atoms with van der Waals surface area (Å²) in [7, 11) is 0. The van der Waals surface area contributed by atoms with Gasteiger partial charge in [0, 0.05) is 12.4 Å². The second-order valence-corrected chi connectivity index (χ2v) is 2.11. The molecular weight excluding hydrogens is 138 g/mol. The van der Waals surface area contributed by atoms with Crippen molar-refractivity contribution < 1.29 is 5.11 Å². The zero-order chi connectivity index (χ0) is 8.10. The second kappa shape index (κ2) is 3.56. The molecule has 0 bridgehead atoms. The van der Waals surface area contributed by atoms with Gasteiger partial charge in [-0.2, -0.15) is 0 Å². The van der Waals surface area contributed by atoms with E-state index in [1.807, 2.05) is 12.1 Å². The number of rotatable bonds is 2. The van der Waals surface area contributed by atoms with Crippen LogP contribution in [0.15, 0.2) is 42.9 Å². The van der Waals surface area contributed by atoms with E-state index in [1.165, 1.54) is 6.08 Å². The third kappa shape index (κ3) is 2.67. The molecule has 1 heterocycles. The van der Waals surface area contributed by atoms with Crippen LogP contribution in [0.5, 0.6) is 0 Å². The van der Waals surface area contributed by atoms with Crippen LogP contribution >= 0.6 is 0 Å². The van der Waals surface area contributed by atoms with Crippen molar-refractivity contribution in [3.63, 3.8) is 0 Å². The highest BCUT2D eigenvalue weighted by atomic mass is 16.3. The molecule has 0 radical (unpaired) electrons. The number of aliphatic hydroxyl groups is 1. The van der Waals surface area contributed by atoms with Crippen LogP contribution in [0.25, 0.3) is 6.08 Å². The van der Waals surface area contributed by atoms with Gasteiger partial charge in [-0.25, -0.2) is 0 Å². The van der Waals surface area contributed by atoms with Crippen molar-refractivity contribution in [3.05, 3.63) is 48.5 Å². The summed E-state index contributed by atoms with van der Waals surface area (Å²) in [6.45, 7) is 3.32. The standard InChI is InChI=1S/C9H9NO/c1-8(11)2-3-9-4-6-10-7-5-9/h2-7,11H,1H2/b3-2+. The number of allylic oxidation sites excluding steroid dienone is 1. The van der Waals surface area contributed by atoms with Crippen molar-refractivity contribution in [1.29, 1.82) is 0 Å². The lowest BCUT2D eigenvalue weighted by atomic mass is 10.2. The molecule has 2 heteroatoms. The van der Waals surface area contributed by atoms with E-state index >= 15 is 0 Å². The molecule has 1 aromatic rings. The molecule has 0 amide bonds. The lowest BCUT2D eigenvalue weighted by Gasteiger charge is -1.89. The molecule has 0 unspecified atom stereocenters. The molecule has 0 aromatic carbocycles. The molecule has 0 spiro atoms. The highest BCUT2D eigenvalue weighted by Crippen LogP contribution is 2.00. The van der Waals surface area contributed by atoms with Crippen LogP contribution in [0.2, 0.25) is 0 Å². The first kappa shape index (κ1) is 7.54. The molecule has 0 saturated heterocycles. The Balaban J connectivity index is 2.72. The number of hydrogen-bond acceptors (Lipinski definition) is 2. The Hall–Kier alpha value is -1.57. The molecule has 0 aliphatic heterocycles. The predicted molar refractivity (Wildman–Crippen MR) is 45.0 cm³/mol. The summed E-state index contributed by atoms with van der Waals surface area (Å²) < 4.78 is 0. The molecule has 0 atom stereocenters. The first-order valence-electron chi connectivity index (χ1n) is 3.25. The topological polar surface area (TPSA) is 33.1 Å². The summed E-state index contributed by atoms with van der Waals surface area (Å²) in [4.78, 5) is 3.85. The monoisotopic (exact) mass is 147 g/mol.